The third-order valence-corrected chi connectivity index (χ3v) is 4.55. The molecule has 144 valence electrons. The fraction of sp³-hybridized carbons (Fsp3) is 0.381. The summed E-state index contributed by atoms with van der Waals surface area (Å²) in [5.41, 5.74) is 0.682. The Hall–Kier alpha value is -2.76. The Kier molecular flexibility index (Phi) is 6.66. The lowest BCUT2D eigenvalue weighted by Crippen LogP contribution is -2.50. The molecule has 1 aromatic carbocycles. The molecule has 2 amide bonds. The van der Waals surface area contributed by atoms with Gasteiger partial charge in [-0.25, -0.2) is 4.39 Å². The quantitative estimate of drug-likeness (QED) is 0.800. The number of rotatable bonds is 7. The predicted octanol–water partition coefficient (Wildman–Crippen LogP) is 4.01. The van der Waals surface area contributed by atoms with E-state index in [0.717, 1.165) is 6.42 Å². The van der Waals surface area contributed by atoms with Crippen LogP contribution in [0.1, 0.15) is 52.1 Å². The first kappa shape index (κ1) is 20.6. The van der Waals surface area contributed by atoms with E-state index < -0.39 is 17.4 Å². The van der Waals surface area contributed by atoms with Crippen LogP contribution in [0.4, 0.5) is 10.1 Å². The van der Waals surface area contributed by atoms with Crippen LogP contribution in [0.5, 0.6) is 0 Å². The van der Waals surface area contributed by atoms with Crippen molar-refractivity contribution in [2.75, 3.05) is 4.90 Å². The summed E-state index contributed by atoms with van der Waals surface area (Å²) in [7, 11) is 0. The molecule has 1 atom stereocenters. The summed E-state index contributed by atoms with van der Waals surface area (Å²) < 4.78 is 13.4. The minimum absolute atomic E-state index is 0.212. The van der Waals surface area contributed by atoms with Gasteiger partial charge in [0.1, 0.15) is 11.9 Å². The van der Waals surface area contributed by atoms with Gasteiger partial charge in [0.2, 0.25) is 11.8 Å². The van der Waals surface area contributed by atoms with Crippen molar-refractivity contribution in [2.45, 2.75) is 52.1 Å². The summed E-state index contributed by atoms with van der Waals surface area (Å²) in [6.07, 6.45) is 4.11. The van der Waals surface area contributed by atoms with Crippen LogP contribution in [0.15, 0.2) is 48.8 Å². The molecule has 1 N–H and O–H groups in total. The van der Waals surface area contributed by atoms with Gasteiger partial charge >= 0.3 is 0 Å². The van der Waals surface area contributed by atoms with Crippen LogP contribution in [-0.4, -0.2) is 22.3 Å². The Balaban J connectivity index is 2.55. The third-order valence-electron chi connectivity index (χ3n) is 4.55. The smallest absolute Gasteiger partial charge is 0.248 e. The lowest BCUT2D eigenvalue weighted by Gasteiger charge is -2.34. The van der Waals surface area contributed by atoms with Gasteiger partial charge in [0.25, 0.3) is 0 Å². The molecular weight excluding hydrogens is 345 g/mol. The molecule has 1 aromatic heterocycles. The molecule has 0 aliphatic rings. The van der Waals surface area contributed by atoms with Crippen molar-refractivity contribution in [1.29, 1.82) is 0 Å². The lowest BCUT2D eigenvalue weighted by molar-refractivity contribution is -0.127. The van der Waals surface area contributed by atoms with Crippen molar-refractivity contribution in [3.8, 4) is 0 Å². The van der Waals surface area contributed by atoms with Crippen molar-refractivity contribution in [3.63, 3.8) is 0 Å². The molecule has 0 spiro atoms. The highest BCUT2D eigenvalue weighted by Gasteiger charge is 2.34. The number of benzene rings is 1. The van der Waals surface area contributed by atoms with Gasteiger partial charge in [0.15, 0.2) is 0 Å². The summed E-state index contributed by atoms with van der Waals surface area (Å²) in [6, 6.07) is 8.12. The first-order chi connectivity index (χ1) is 12.8. The molecule has 5 nitrogen and oxygen atoms in total. The van der Waals surface area contributed by atoms with E-state index in [4.69, 9.17) is 0 Å². The van der Waals surface area contributed by atoms with E-state index in [2.05, 4.69) is 10.3 Å². The number of aromatic nitrogens is 1. The van der Waals surface area contributed by atoms with Crippen LogP contribution in [0.2, 0.25) is 0 Å². The first-order valence-electron chi connectivity index (χ1n) is 9.08. The monoisotopic (exact) mass is 371 g/mol. The topological polar surface area (TPSA) is 62.3 Å². The number of nitrogens with zero attached hydrogens (tertiary/aromatic N) is 2. The fourth-order valence-electron chi connectivity index (χ4n) is 2.66. The van der Waals surface area contributed by atoms with E-state index in [9.17, 15) is 14.0 Å². The Labute approximate surface area is 159 Å². The Bertz CT molecular complexity index is 776. The number of hydrogen-bond donors (Lipinski definition) is 1. The van der Waals surface area contributed by atoms with Crippen molar-refractivity contribution < 1.29 is 14.0 Å². The Morgan fingerprint density at radius 2 is 1.70 bits per heavy atom. The second-order valence-corrected chi connectivity index (χ2v) is 7.00. The minimum atomic E-state index is -0.878. The molecule has 0 fully saturated rings. The minimum Gasteiger partial charge on any atom is -0.349 e. The standard InChI is InChI=1S/C21H26FN3O2/c1-5-18(26)25(17-9-7-16(22)8-10-17)19(15-11-13-23-14-12-15)20(27)24-21(3,4)6-2/h7-14,19H,5-6H2,1-4H3,(H,24,27). The highest BCUT2D eigenvalue weighted by atomic mass is 19.1. The summed E-state index contributed by atoms with van der Waals surface area (Å²) in [5.74, 6) is -0.924. The van der Waals surface area contributed by atoms with Gasteiger partial charge in [-0.1, -0.05) is 13.8 Å². The van der Waals surface area contributed by atoms with Crippen LogP contribution < -0.4 is 10.2 Å². The van der Waals surface area contributed by atoms with Crippen molar-refractivity contribution in [1.82, 2.24) is 10.3 Å². The largest absolute Gasteiger partial charge is 0.349 e. The normalized spacial score (nSPS) is 12.3. The second-order valence-electron chi connectivity index (χ2n) is 7.00. The maximum Gasteiger partial charge on any atom is 0.248 e. The fourth-order valence-corrected chi connectivity index (χ4v) is 2.66. The van der Waals surface area contributed by atoms with Crippen molar-refractivity contribution in [2.24, 2.45) is 0 Å². The Morgan fingerprint density at radius 3 is 2.22 bits per heavy atom. The predicted molar refractivity (Wildman–Crippen MR) is 104 cm³/mol. The summed E-state index contributed by atoms with van der Waals surface area (Å²) in [5, 5.41) is 3.02. The number of nitrogens with one attached hydrogen (secondary N) is 1. The van der Waals surface area contributed by atoms with E-state index in [1.54, 1.807) is 31.5 Å². The van der Waals surface area contributed by atoms with Crippen LogP contribution in [0.25, 0.3) is 0 Å². The molecule has 0 saturated heterocycles. The van der Waals surface area contributed by atoms with Gasteiger partial charge in [-0.15, -0.1) is 0 Å². The molecule has 0 saturated carbocycles. The molecule has 0 radical (unpaired) electrons. The highest BCUT2D eigenvalue weighted by Crippen LogP contribution is 2.29. The van der Waals surface area contributed by atoms with E-state index in [1.165, 1.54) is 29.2 Å². The molecule has 0 bridgehead atoms. The van der Waals surface area contributed by atoms with Gasteiger partial charge in [0.05, 0.1) is 0 Å². The van der Waals surface area contributed by atoms with Gasteiger partial charge in [-0.05, 0) is 62.2 Å². The Morgan fingerprint density at radius 1 is 1.11 bits per heavy atom. The molecule has 0 aliphatic heterocycles. The second kappa shape index (κ2) is 8.75. The van der Waals surface area contributed by atoms with Crippen molar-refractivity contribution in [3.05, 3.63) is 60.2 Å². The number of amides is 2. The van der Waals surface area contributed by atoms with E-state index >= 15 is 0 Å². The highest BCUT2D eigenvalue weighted by molar-refractivity contribution is 6.01. The zero-order chi connectivity index (χ0) is 20.0. The van der Waals surface area contributed by atoms with Gasteiger partial charge in [-0.3, -0.25) is 19.5 Å². The van der Waals surface area contributed by atoms with Crippen molar-refractivity contribution >= 4 is 17.5 Å². The molecule has 6 heteroatoms. The van der Waals surface area contributed by atoms with E-state index in [-0.39, 0.29) is 18.2 Å². The van der Waals surface area contributed by atoms with Gasteiger partial charge in [-0.2, -0.15) is 0 Å². The average molecular weight is 371 g/mol. The number of anilines is 1. The number of hydrogen-bond acceptors (Lipinski definition) is 3. The van der Waals surface area contributed by atoms with E-state index in [1.807, 2.05) is 20.8 Å². The summed E-state index contributed by atoms with van der Waals surface area (Å²) >= 11 is 0. The molecule has 2 aromatic rings. The number of halogens is 1. The SMILES string of the molecule is CCC(=O)N(c1ccc(F)cc1)C(C(=O)NC(C)(C)CC)c1ccncc1. The van der Waals surface area contributed by atoms with Crippen LogP contribution >= 0.6 is 0 Å². The number of pyridine rings is 1. The zero-order valence-electron chi connectivity index (χ0n) is 16.2. The van der Waals surface area contributed by atoms with Crippen LogP contribution in [-0.2, 0) is 9.59 Å². The molecule has 1 heterocycles. The van der Waals surface area contributed by atoms with Gasteiger partial charge in [0, 0.05) is 30.0 Å². The maximum atomic E-state index is 13.4. The van der Waals surface area contributed by atoms with Gasteiger partial charge < -0.3 is 5.32 Å². The molecular formula is C21H26FN3O2. The van der Waals surface area contributed by atoms with Crippen LogP contribution in [0.3, 0.4) is 0 Å². The maximum absolute atomic E-state index is 13.4. The first-order valence-corrected chi connectivity index (χ1v) is 9.08. The molecule has 0 aliphatic carbocycles. The third kappa shape index (κ3) is 5.12. The zero-order valence-corrected chi connectivity index (χ0v) is 16.2. The number of carbonyl (C=O) groups is 2. The molecule has 2 rings (SSSR count). The van der Waals surface area contributed by atoms with E-state index in [0.29, 0.717) is 11.3 Å². The lowest BCUT2D eigenvalue weighted by atomic mass is 9.98. The average Bonchev–Trinajstić information content (AvgIpc) is 2.66. The molecule has 27 heavy (non-hydrogen) atoms. The summed E-state index contributed by atoms with van der Waals surface area (Å²) in [6.45, 7) is 7.57. The number of carbonyl (C=O) groups excluding carboxylic acids is 2. The van der Waals surface area contributed by atoms with Crippen LogP contribution in [0, 0.1) is 5.82 Å². The molecule has 1 unspecified atom stereocenters. The summed E-state index contributed by atoms with van der Waals surface area (Å²) in [4.78, 5) is 31.4.